The van der Waals surface area contributed by atoms with Crippen LogP contribution in [0.4, 0.5) is 0 Å². The quantitative estimate of drug-likeness (QED) is 0.589. The highest BCUT2D eigenvalue weighted by Crippen LogP contribution is 2.18. The lowest BCUT2D eigenvalue weighted by atomic mass is 10.1. The molecule has 0 aromatic carbocycles. The van der Waals surface area contributed by atoms with E-state index in [0.29, 0.717) is 19.8 Å². The molecular weight excluding hydrogens is 268 g/mol. The van der Waals surface area contributed by atoms with E-state index in [9.17, 15) is 0 Å². The maximum atomic E-state index is 6.00. The van der Waals surface area contributed by atoms with Gasteiger partial charge in [0, 0.05) is 51.2 Å². The molecule has 0 spiro atoms. The fourth-order valence-electron chi connectivity index (χ4n) is 2.30. The van der Waals surface area contributed by atoms with Crippen LogP contribution in [0, 0.1) is 0 Å². The van der Waals surface area contributed by atoms with Crippen LogP contribution in [0.15, 0.2) is 12.4 Å². The van der Waals surface area contributed by atoms with E-state index in [1.807, 2.05) is 24.7 Å². The van der Waals surface area contributed by atoms with E-state index in [0.717, 1.165) is 38.4 Å². The number of rotatable bonds is 12. The summed E-state index contributed by atoms with van der Waals surface area (Å²) in [6.45, 7) is 12.1. The molecule has 122 valence electrons. The molecule has 1 aromatic heterocycles. The topological polar surface area (TPSA) is 65.5 Å². The van der Waals surface area contributed by atoms with Crippen molar-refractivity contribution in [3.63, 3.8) is 0 Å². The van der Waals surface area contributed by atoms with Gasteiger partial charge in [-0.2, -0.15) is 5.10 Å². The van der Waals surface area contributed by atoms with Crippen LogP contribution < -0.4 is 5.73 Å². The lowest BCUT2D eigenvalue weighted by Gasteiger charge is -2.30. The zero-order chi connectivity index (χ0) is 15.5. The van der Waals surface area contributed by atoms with Crippen LogP contribution in [0.3, 0.4) is 0 Å². The average molecular weight is 298 g/mol. The first-order valence-corrected chi connectivity index (χ1v) is 7.88. The van der Waals surface area contributed by atoms with Crippen LogP contribution >= 0.6 is 0 Å². The first-order valence-electron chi connectivity index (χ1n) is 7.88. The van der Waals surface area contributed by atoms with E-state index in [1.54, 1.807) is 0 Å². The molecule has 0 radical (unpaired) electrons. The Hall–Kier alpha value is -0.950. The summed E-state index contributed by atoms with van der Waals surface area (Å²) in [7, 11) is 0. The second-order valence-electron chi connectivity index (χ2n) is 4.81. The standard InChI is InChI=1S/C15H30N4O2/c1-4-19-13-14(12-17-19)15(11-16)18(7-9-20-5-2)8-10-21-6-3/h12-13,15H,4-11,16H2,1-3H3. The van der Waals surface area contributed by atoms with Gasteiger partial charge in [0.25, 0.3) is 0 Å². The Labute approximate surface area is 128 Å². The predicted octanol–water partition coefficient (Wildman–Crippen LogP) is 1.28. The highest BCUT2D eigenvalue weighted by atomic mass is 16.5. The van der Waals surface area contributed by atoms with Crippen LogP contribution in [0.25, 0.3) is 0 Å². The van der Waals surface area contributed by atoms with Crippen LogP contribution in [0.5, 0.6) is 0 Å². The SMILES string of the molecule is CCOCCN(CCOCC)C(CN)c1cnn(CC)c1. The lowest BCUT2D eigenvalue weighted by molar-refractivity contribution is 0.0640. The van der Waals surface area contributed by atoms with Crippen molar-refractivity contribution in [3.05, 3.63) is 18.0 Å². The van der Waals surface area contributed by atoms with Gasteiger partial charge in [-0.05, 0) is 20.8 Å². The van der Waals surface area contributed by atoms with Gasteiger partial charge in [0.1, 0.15) is 0 Å². The third-order valence-corrected chi connectivity index (χ3v) is 3.48. The molecule has 0 amide bonds. The van der Waals surface area contributed by atoms with Gasteiger partial charge in [-0.1, -0.05) is 0 Å². The molecule has 6 nitrogen and oxygen atoms in total. The monoisotopic (exact) mass is 298 g/mol. The molecule has 0 aliphatic rings. The maximum absolute atomic E-state index is 6.00. The van der Waals surface area contributed by atoms with Crippen molar-refractivity contribution in [3.8, 4) is 0 Å². The molecule has 1 atom stereocenters. The maximum Gasteiger partial charge on any atom is 0.0593 e. The Morgan fingerprint density at radius 1 is 1.19 bits per heavy atom. The lowest BCUT2D eigenvalue weighted by Crippen LogP contribution is -2.38. The van der Waals surface area contributed by atoms with Crippen LogP contribution in [-0.2, 0) is 16.0 Å². The highest BCUT2D eigenvalue weighted by molar-refractivity contribution is 5.11. The van der Waals surface area contributed by atoms with Gasteiger partial charge in [-0.15, -0.1) is 0 Å². The molecule has 0 fully saturated rings. The molecule has 0 saturated heterocycles. The Kier molecular flexibility index (Phi) is 9.25. The summed E-state index contributed by atoms with van der Waals surface area (Å²) >= 11 is 0. The van der Waals surface area contributed by atoms with Crippen LogP contribution in [0.1, 0.15) is 32.4 Å². The van der Waals surface area contributed by atoms with Gasteiger partial charge in [0.15, 0.2) is 0 Å². The van der Waals surface area contributed by atoms with E-state index in [-0.39, 0.29) is 6.04 Å². The number of nitrogens with zero attached hydrogens (tertiary/aromatic N) is 3. The fourth-order valence-corrected chi connectivity index (χ4v) is 2.30. The summed E-state index contributed by atoms with van der Waals surface area (Å²) in [6, 6.07) is 0.159. The number of aryl methyl sites for hydroxylation is 1. The Balaban J connectivity index is 2.69. The smallest absolute Gasteiger partial charge is 0.0593 e. The number of hydrogen-bond donors (Lipinski definition) is 1. The van der Waals surface area contributed by atoms with Gasteiger partial charge in [-0.25, -0.2) is 0 Å². The van der Waals surface area contributed by atoms with Crippen molar-refractivity contribution in [2.75, 3.05) is 46.1 Å². The van der Waals surface area contributed by atoms with Crippen LogP contribution in [-0.4, -0.2) is 60.7 Å². The first-order chi connectivity index (χ1) is 10.3. The van der Waals surface area contributed by atoms with Crippen molar-refractivity contribution in [1.82, 2.24) is 14.7 Å². The van der Waals surface area contributed by atoms with E-state index < -0.39 is 0 Å². The third-order valence-electron chi connectivity index (χ3n) is 3.48. The molecule has 0 bridgehead atoms. The number of nitrogens with two attached hydrogens (primary N) is 1. The normalized spacial score (nSPS) is 13.0. The molecule has 1 unspecified atom stereocenters. The molecule has 6 heteroatoms. The minimum atomic E-state index is 0.159. The number of aromatic nitrogens is 2. The summed E-state index contributed by atoms with van der Waals surface area (Å²) in [4.78, 5) is 2.32. The van der Waals surface area contributed by atoms with Crippen LogP contribution in [0.2, 0.25) is 0 Å². The molecule has 1 heterocycles. The molecule has 1 aromatic rings. The largest absolute Gasteiger partial charge is 0.380 e. The first kappa shape index (κ1) is 18.1. The van der Waals surface area contributed by atoms with Crippen molar-refractivity contribution in [2.24, 2.45) is 5.73 Å². The summed E-state index contributed by atoms with van der Waals surface area (Å²) in [5.74, 6) is 0. The highest BCUT2D eigenvalue weighted by Gasteiger charge is 2.20. The van der Waals surface area contributed by atoms with Crippen molar-refractivity contribution >= 4 is 0 Å². The van der Waals surface area contributed by atoms with Gasteiger partial charge in [-0.3, -0.25) is 9.58 Å². The third kappa shape index (κ3) is 6.13. The summed E-state index contributed by atoms with van der Waals surface area (Å²) < 4.78 is 12.9. The van der Waals surface area contributed by atoms with Gasteiger partial charge >= 0.3 is 0 Å². The van der Waals surface area contributed by atoms with E-state index in [2.05, 4.69) is 23.1 Å². The predicted molar refractivity (Wildman–Crippen MR) is 84.3 cm³/mol. The summed E-state index contributed by atoms with van der Waals surface area (Å²) in [6.07, 6.45) is 3.99. The number of hydrogen-bond acceptors (Lipinski definition) is 5. The van der Waals surface area contributed by atoms with Gasteiger partial charge < -0.3 is 15.2 Å². The Morgan fingerprint density at radius 2 is 1.81 bits per heavy atom. The second-order valence-corrected chi connectivity index (χ2v) is 4.81. The van der Waals surface area contributed by atoms with Crippen molar-refractivity contribution < 1.29 is 9.47 Å². The van der Waals surface area contributed by atoms with E-state index in [1.165, 1.54) is 0 Å². The zero-order valence-corrected chi connectivity index (χ0v) is 13.6. The summed E-state index contributed by atoms with van der Waals surface area (Å²) in [5, 5.41) is 4.35. The Bertz CT molecular complexity index is 360. The zero-order valence-electron chi connectivity index (χ0n) is 13.6. The second kappa shape index (κ2) is 10.7. The summed E-state index contributed by atoms with van der Waals surface area (Å²) in [5.41, 5.74) is 7.16. The molecule has 0 aliphatic carbocycles. The van der Waals surface area contributed by atoms with Gasteiger partial charge in [0.2, 0.25) is 0 Å². The molecule has 0 saturated carbocycles. The van der Waals surface area contributed by atoms with Crippen molar-refractivity contribution in [2.45, 2.75) is 33.4 Å². The van der Waals surface area contributed by atoms with Crippen molar-refractivity contribution in [1.29, 1.82) is 0 Å². The van der Waals surface area contributed by atoms with E-state index in [4.69, 9.17) is 15.2 Å². The molecular formula is C15H30N4O2. The molecule has 1 rings (SSSR count). The fraction of sp³-hybridized carbons (Fsp3) is 0.800. The van der Waals surface area contributed by atoms with Gasteiger partial charge in [0.05, 0.1) is 25.5 Å². The Morgan fingerprint density at radius 3 is 2.24 bits per heavy atom. The minimum Gasteiger partial charge on any atom is -0.380 e. The molecule has 0 aliphatic heterocycles. The molecule has 2 N–H and O–H groups in total. The minimum absolute atomic E-state index is 0.159. The molecule has 21 heavy (non-hydrogen) atoms. The number of ether oxygens (including phenoxy) is 2. The average Bonchev–Trinajstić information content (AvgIpc) is 2.97. The van der Waals surface area contributed by atoms with E-state index >= 15 is 0 Å².